The predicted octanol–water partition coefficient (Wildman–Crippen LogP) is 1.33. The molecule has 5 nitrogen and oxygen atoms in total. The molecular weight excluding hydrogens is 262 g/mol. The summed E-state index contributed by atoms with van der Waals surface area (Å²) in [7, 11) is 0.189. The van der Waals surface area contributed by atoms with Gasteiger partial charge in [-0.25, -0.2) is 4.72 Å². The Kier molecular flexibility index (Phi) is 6.73. The minimum atomic E-state index is -3.32. The highest BCUT2D eigenvalue weighted by Gasteiger charge is 2.29. The number of hydrogen-bond donors (Lipinski definition) is 2. The Bertz CT molecular complexity index is 351. The maximum Gasteiger partial charge on any atom is 0.279 e. The Balaban J connectivity index is 2.40. The summed E-state index contributed by atoms with van der Waals surface area (Å²) in [4.78, 5) is 0. The van der Waals surface area contributed by atoms with E-state index in [2.05, 4.69) is 17.0 Å². The van der Waals surface area contributed by atoms with E-state index >= 15 is 0 Å². The topological polar surface area (TPSA) is 61.4 Å². The molecule has 0 saturated heterocycles. The number of rotatable bonds is 8. The van der Waals surface area contributed by atoms with Crippen LogP contribution in [0.15, 0.2) is 0 Å². The quantitative estimate of drug-likeness (QED) is 0.663. The molecule has 0 aromatic carbocycles. The van der Waals surface area contributed by atoms with Crippen LogP contribution >= 0.6 is 0 Å². The fraction of sp³-hybridized carbons (Fsp3) is 1.00. The van der Waals surface area contributed by atoms with Gasteiger partial charge in [0.2, 0.25) is 0 Å². The highest BCUT2D eigenvalue weighted by atomic mass is 32.2. The van der Waals surface area contributed by atoms with Gasteiger partial charge in [-0.05, 0) is 38.3 Å². The largest absolute Gasteiger partial charge is 0.320 e. The highest BCUT2D eigenvalue weighted by molar-refractivity contribution is 7.87. The molecule has 0 spiro atoms. The average Bonchev–Trinajstić information content (AvgIpc) is 2.38. The van der Waals surface area contributed by atoms with Crippen molar-refractivity contribution in [3.05, 3.63) is 0 Å². The van der Waals surface area contributed by atoms with E-state index in [9.17, 15) is 8.42 Å². The summed E-state index contributed by atoms with van der Waals surface area (Å²) >= 11 is 0. The third kappa shape index (κ3) is 5.77. The van der Waals surface area contributed by atoms with Crippen LogP contribution in [0.3, 0.4) is 0 Å². The standard InChI is InChI=1S/C13H29N3O2S/c1-13(8-5-4-6-9-13)12-15-19(17,18)16(3)11-7-10-14-2/h14-15H,4-12H2,1-3H3. The maximum absolute atomic E-state index is 12.1. The Labute approximate surface area is 118 Å². The first-order valence-electron chi connectivity index (χ1n) is 7.25. The number of nitrogens with zero attached hydrogens (tertiary/aromatic N) is 1. The van der Waals surface area contributed by atoms with Gasteiger partial charge in [0.05, 0.1) is 0 Å². The van der Waals surface area contributed by atoms with Crippen LogP contribution in [0.5, 0.6) is 0 Å². The van der Waals surface area contributed by atoms with Gasteiger partial charge < -0.3 is 5.32 Å². The molecule has 0 aliphatic heterocycles. The molecule has 0 atom stereocenters. The van der Waals surface area contributed by atoms with Gasteiger partial charge in [0.15, 0.2) is 0 Å². The van der Waals surface area contributed by atoms with Gasteiger partial charge in [-0.2, -0.15) is 12.7 Å². The molecule has 1 fully saturated rings. The van der Waals surface area contributed by atoms with E-state index in [0.717, 1.165) is 25.8 Å². The summed E-state index contributed by atoms with van der Waals surface area (Å²) in [5.74, 6) is 0. The van der Waals surface area contributed by atoms with Gasteiger partial charge >= 0.3 is 0 Å². The minimum Gasteiger partial charge on any atom is -0.320 e. The average molecular weight is 291 g/mol. The zero-order chi connectivity index (χ0) is 14.4. The summed E-state index contributed by atoms with van der Waals surface area (Å²) in [6.45, 7) is 4.13. The second-order valence-corrected chi connectivity index (χ2v) is 7.84. The van der Waals surface area contributed by atoms with E-state index in [1.165, 1.54) is 23.6 Å². The normalized spacial score (nSPS) is 19.8. The van der Waals surface area contributed by atoms with Crippen LogP contribution in [0.4, 0.5) is 0 Å². The maximum atomic E-state index is 12.1. The molecule has 6 heteroatoms. The molecule has 0 aromatic rings. The zero-order valence-corrected chi connectivity index (χ0v) is 13.4. The third-order valence-corrected chi connectivity index (χ3v) is 5.56. The highest BCUT2D eigenvalue weighted by Crippen LogP contribution is 2.35. The summed E-state index contributed by atoms with van der Waals surface area (Å²) in [6, 6.07) is 0. The third-order valence-electron chi connectivity index (χ3n) is 4.05. The van der Waals surface area contributed by atoms with E-state index in [1.807, 2.05) is 7.05 Å². The van der Waals surface area contributed by atoms with Crippen LogP contribution in [-0.2, 0) is 10.2 Å². The number of nitrogens with one attached hydrogen (secondary N) is 2. The van der Waals surface area contributed by atoms with Crippen LogP contribution < -0.4 is 10.0 Å². The Morgan fingerprint density at radius 2 is 1.84 bits per heavy atom. The molecule has 0 amide bonds. The Morgan fingerprint density at radius 1 is 1.21 bits per heavy atom. The molecule has 0 radical (unpaired) electrons. The predicted molar refractivity (Wildman–Crippen MR) is 79.3 cm³/mol. The lowest BCUT2D eigenvalue weighted by molar-refractivity contribution is 0.217. The van der Waals surface area contributed by atoms with E-state index in [-0.39, 0.29) is 5.41 Å². The summed E-state index contributed by atoms with van der Waals surface area (Å²) in [5, 5.41) is 3.02. The first-order chi connectivity index (χ1) is 8.90. The Hall–Kier alpha value is -0.170. The van der Waals surface area contributed by atoms with Crippen molar-refractivity contribution >= 4 is 10.2 Å². The minimum absolute atomic E-state index is 0.136. The van der Waals surface area contributed by atoms with Gasteiger partial charge in [-0.15, -0.1) is 0 Å². The van der Waals surface area contributed by atoms with E-state index in [0.29, 0.717) is 13.1 Å². The van der Waals surface area contributed by atoms with Crippen molar-refractivity contribution in [2.24, 2.45) is 5.41 Å². The van der Waals surface area contributed by atoms with Crippen LogP contribution in [0.1, 0.15) is 45.4 Å². The molecular formula is C13H29N3O2S. The molecule has 114 valence electrons. The van der Waals surface area contributed by atoms with E-state index < -0.39 is 10.2 Å². The van der Waals surface area contributed by atoms with Crippen molar-refractivity contribution in [2.45, 2.75) is 45.4 Å². The van der Waals surface area contributed by atoms with Crippen molar-refractivity contribution in [3.8, 4) is 0 Å². The Morgan fingerprint density at radius 3 is 2.42 bits per heavy atom. The second kappa shape index (κ2) is 7.57. The fourth-order valence-corrected chi connectivity index (χ4v) is 3.68. The molecule has 0 unspecified atom stereocenters. The lowest BCUT2D eigenvalue weighted by atomic mass is 9.76. The van der Waals surface area contributed by atoms with Crippen molar-refractivity contribution in [1.82, 2.24) is 14.3 Å². The van der Waals surface area contributed by atoms with Crippen LogP contribution in [0.2, 0.25) is 0 Å². The summed E-state index contributed by atoms with van der Waals surface area (Å²) in [5.41, 5.74) is 0.136. The molecule has 1 aliphatic rings. The fourth-order valence-electron chi connectivity index (χ4n) is 2.56. The molecule has 0 bridgehead atoms. The smallest absolute Gasteiger partial charge is 0.279 e. The zero-order valence-electron chi connectivity index (χ0n) is 12.5. The van der Waals surface area contributed by atoms with Gasteiger partial charge in [-0.1, -0.05) is 26.2 Å². The van der Waals surface area contributed by atoms with E-state index in [4.69, 9.17) is 0 Å². The van der Waals surface area contributed by atoms with Crippen molar-refractivity contribution in [1.29, 1.82) is 0 Å². The molecule has 1 aliphatic carbocycles. The van der Waals surface area contributed by atoms with Crippen LogP contribution in [-0.4, -0.2) is 46.5 Å². The van der Waals surface area contributed by atoms with Crippen LogP contribution in [0, 0.1) is 5.41 Å². The lowest BCUT2D eigenvalue weighted by Gasteiger charge is -2.34. The number of hydrogen-bond acceptors (Lipinski definition) is 3. The van der Waals surface area contributed by atoms with Crippen molar-refractivity contribution < 1.29 is 8.42 Å². The molecule has 19 heavy (non-hydrogen) atoms. The van der Waals surface area contributed by atoms with Crippen molar-refractivity contribution in [3.63, 3.8) is 0 Å². The second-order valence-electron chi connectivity index (χ2n) is 5.98. The van der Waals surface area contributed by atoms with Crippen molar-refractivity contribution in [2.75, 3.05) is 33.7 Å². The van der Waals surface area contributed by atoms with Gasteiger partial charge in [0.1, 0.15) is 0 Å². The van der Waals surface area contributed by atoms with Crippen LogP contribution in [0.25, 0.3) is 0 Å². The first kappa shape index (κ1) is 16.9. The first-order valence-corrected chi connectivity index (χ1v) is 8.69. The SMILES string of the molecule is CNCCCN(C)S(=O)(=O)NCC1(C)CCCCC1. The molecule has 2 N–H and O–H groups in total. The monoisotopic (exact) mass is 291 g/mol. The molecule has 0 heterocycles. The summed E-state index contributed by atoms with van der Waals surface area (Å²) < 4.78 is 28.4. The molecule has 1 rings (SSSR count). The summed E-state index contributed by atoms with van der Waals surface area (Å²) in [6.07, 6.45) is 6.79. The van der Waals surface area contributed by atoms with Gasteiger partial charge in [0, 0.05) is 20.1 Å². The van der Waals surface area contributed by atoms with Gasteiger partial charge in [-0.3, -0.25) is 0 Å². The van der Waals surface area contributed by atoms with E-state index in [1.54, 1.807) is 7.05 Å². The molecule has 1 saturated carbocycles. The lowest BCUT2D eigenvalue weighted by Crippen LogP contribution is -2.44. The van der Waals surface area contributed by atoms with Gasteiger partial charge in [0.25, 0.3) is 10.2 Å². The molecule has 0 aromatic heterocycles.